The SMILES string of the molecule is CC1=C[C@@H](C)[C@H]2CO[C@@H](Cc3ccc(OC(=O)NC4CCCCC4)cc3)[C@@H]1[C@@H]2C. The zero-order valence-electron chi connectivity index (χ0n) is 18.0. The summed E-state index contributed by atoms with van der Waals surface area (Å²) in [5.41, 5.74) is 2.71. The minimum Gasteiger partial charge on any atom is -0.410 e. The summed E-state index contributed by atoms with van der Waals surface area (Å²) in [5, 5.41) is 3.00. The van der Waals surface area contributed by atoms with Crippen LogP contribution >= 0.6 is 0 Å². The minimum atomic E-state index is -0.336. The van der Waals surface area contributed by atoms with E-state index in [1.807, 2.05) is 12.1 Å². The number of ether oxygens (including phenoxy) is 2. The molecule has 1 aliphatic heterocycles. The summed E-state index contributed by atoms with van der Waals surface area (Å²) in [7, 11) is 0. The normalized spacial score (nSPS) is 32.4. The van der Waals surface area contributed by atoms with E-state index in [-0.39, 0.29) is 18.2 Å². The Morgan fingerprint density at radius 3 is 2.59 bits per heavy atom. The Bertz CT molecular complexity index is 735. The van der Waals surface area contributed by atoms with Gasteiger partial charge in [0.15, 0.2) is 0 Å². The molecular formula is C25H35NO3. The van der Waals surface area contributed by atoms with Gasteiger partial charge in [0.2, 0.25) is 0 Å². The van der Waals surface area contributed by atoms with Gasteiger partial charge < -0.3 is 14.8 Å². The summed E-state index contributed by atoms with van der Waals surface area (Å²) < 4.78 is 11.8. The van der Waals surface area contributed by atoms with E-state index in [0.29, 0.717) is 29.4 Å². The molecule has 2 fully saturated rings. The lowest BCUT2D eigenvalue weighted by molar-refractivity contribution is -0.0901. The molecule has 1 heterocycles. The van der Waals surface area contributed by atoms with Crippen molar-refractivity contribution in [2.24, 2.45) is 23.7 Å². The predicted molar refractivity (Wildman–Crippen MR) is 115 cm³/mol. The summed E-state index contributed by atoms with van der Waals surface area (Å²) in [5.74, 6) is 3.02. The molecule has 3 aliphatic rings. The lowest BCUT2D eigenvalue weighted by atomic mass is 9.65. The lowest BCUT2D eigenvalue weighted by Crippen LogP contribution is -2.47. The number of hydrogen-bond donors (Lipinski definition) is 1. The molecule has 1 aromatic carbocycles. The van der Waals surface area contributed by atoms with Crippen LogP contribution in [0.5, 0.6) is 5.75 Å². The monoisotopic (exact) mass is 397 g/mol. The number of benzene rings is 1. The maximum atomic E-state index is 12.1. The van der Waals surface area contributed by atoms with Gasteiger partial charge in [-0.1, -0.05) is 56.9 Å². The first kappa shape index (κ1) is 20.5. The van der Waals surface area contributed by atoms with Crippen LogP contribution in [-0.4, -0.2) is 24.8 Å². The molecule has 1 saturated heterocycles. The van der Waals surface area contributed by atoms with Gasteiger partial charge in [0.25, 0.3) is 0 Å². The fourth-order valence-electron chi connectivity index (χ4n) is 5.74. The van der Waals surface area contributed by atoms with E-state index in [1.54, 1.807) is 0 Å². The summed E-state index contributed by atoms with van der Waals surface area (Å²) in [6.45, 7) is 7.82. The maximum Gasteiger partial charge on any atom is 0.412 e. The van der Waals surface area contributed by atoms with Crippen molar-refractivity contribution in [2.45, 2.75) is 71.4 Å². The predicted octanol–water partition coefficient (Wildman–Crippen LogP) is 5.51. The zero-order valence-corrected chi connectivity index (χ0v) is 18.0. The van der Waals surface area contributed by atoms with Crippen LogP contribution in [0.2, 0.25) is 0 Å². The second-order valence-electron chi connectivity index (χ2n) is 9.41. The van der Waals surface area contributed by atoms with Crippen LogP contribution in [0.15, 0.2) is 35.9 Å². The summed E-state index contributed by atoms with van der Waals surface area (Å²) in [6, 6.07) is 8.19. The van der Waals surface area contributed by atoms with Crippen molar-refractivity contribution in [3.63, 3.8) is 0 Å². The van der Waals surface area contributed by atoms with Crippen LogP contribution in [0.3, 0.4) is 0 Å². The highest BCUT2D eigenvalue weighted by atomic mass is 16.6. The Morgan fingerprint density at radius 1 is 1.14 bits per heavy atom. The quantitative estimate of drug-likeness (QED) is 0.681. The Kier molecular flexibility index (Phi) is 6.29. The molecule has 0 aromatic heterocycles. The molecular weight excluding hydrogens is 362 g/mol. The molecule has 158 valence electrons. The molecule has 5 atom stereocenters. The number of allylic oxidation sites excluding steroid dienone is 1. The molecule has 29 heavy (non-hydrogen) atoms. The minimum absolute atomic E-state index is 0.228. The molecule has 1 N–H and O–H groups in total. The number of amides is 1. The summed E-state index contributed by atoms with van der Waals surface area (Å²) >= 11 is 0. The fraction of sp³-hybridized carbons (Fsp3) is 0.640. The highest BCUT2D eigenvalue weighted by Gasteiger charge is 2.43. The van der Waals surface area contributed by atoms with Crippen molar-refractivity contribution in [1.29, 1.82) is 0 Å². The number of hydrogen-bond acceptors (Lipinski definition) is 3. The smallest absolute Gasteiger partial charge is 0.410 e. The van der Waals surface area contributed by atoms with Crippen molar-refractivity contribution < 1.29 is 14.3 Å². The number of fused-ring (bicyclic) bond motifs is 2. The highest BCUT2D eigenvalue weighted by molar-refractivity contribution is 5.70. The van der Waals surface area contributed by atoms with E-state index in [1.165, 1.54) is 30.4 Å². The Hall–Kier alpha value is -1.81. The third kappa shape index (κ3) is 4.69. The standard InChI is InChI=1S/C25H35NO3/c1-16-13-17(2)24-18(3)22(16)15-28-23(24)14-19-9-11-21(12-10-19)29-25(27)26-20-7-5-4-6-8-20/h9-13,16,18,20,22-24H,4-8,14-15H2,1-3H3,(H,26,27)/t16-,18-,22-,23+,24+/m1/s1. The van der Waals surface area contributed by atoms with Gasteiger partial charge in [0, 0.05) is 12.0 Å². The van der Waals surface area contributed by atoms with Gasteiger partial charge in [-0.15, -0.1) is 0 Å². The first-order valence-electron chi connectivity index (χ1n) is 11.4. The molecule has 2 bridgehead atoms. The molecule has 1 amide bonds. The van der Waals surface area contributed by atoms with Gasteiger partial charge in [0.05, 0.1) is 12.7 Å². The summed E-state index contributed by atoms with van der Waals surface area (Å²) in [6.07, 6.45) is 9.01. The molecule has 0 radical (unpaired) electrons. The second kappa shape index (κ2) is 8.91. The molecule has 2 aliphatic carbocycles. The molecule has 0 spiro atoms. The van der Waals surface area contributed by atoms with Crippen LogP contribution in [0.1, 0.15) is 58.4 Å². The van der Waals surface area contributed by atoms with Crippen molar-refractivity contribution in [2.75, 3.05) is 6.61 Å². The molecule has 4 rings (SSSR count). The van der Waals surface area contributed by atoms with Crippen LogP contribution in [0.25, 0.3) is 0 Å². The van der Waals surface area contributed by atoms with E-state index in [4.69, 9.17) is 9.47 Å². The molecule has 1 aromatic rings. The van der Waals surface area contributed by atoms with Gasteiger partial charge in [-0.05, 0) is 61.6 Å². The topological polar surface area (TPSA) is 47.6 Å². The first-order chi connectivity index (χ1) is 14.0. The number of rotatable bonds is 4. The van der Waals surface area contributed by atoms with Gasteiger partial charge >= 0.3 is 6.09 Å². The van der Waals surface area contributed by atoms with Crippen LogP contribution in [-0.2, 0) is 11.2 Å². The van der Waals surface area contributed by atoms with Crippen molar-refractivity contribution in [3.8, 4) is 5.75 Å². The van der Waals surface area contributed by atoms with E-state index in [9.17, 15) is 4.79 Å². The lowest BCUT2D eigenvalue weighted by Gasteiger charge is -2.47. The second-order valence-corrected chi connectivity index (χ2v) is 9.41. The van der Waals surface area contributed by atoms with Gasteiger partial charge in [-0.2, -0.15) is 0 Å². The zero-order chi connectivity index (χ0) is 20.4. The van der Waals surface area contributed by atoms with E-state index >= 15 is 0 Å². The number of carbonyl (C=O) groups is 1. The number of nitrogens with one attached hydrogen (secondary N) is 1. The van der Waals surface area contributed by atoms with Gasteiger partial charge in [-0.3, -0.25) is 0 Å². The Balaban J connectivity index is 1.33. The molecule has 4 heteroatoms. The van der Waals surface area contributed by atoms with E-state index in [0.717, 1.165) is 25.9 Å². The Morgan fingerprint density at radius 2 is 1.86 bits per heavy atom. The third-order valence-electron chi connectivity index (χ3n) is 7.37. The third-order valence-corrected chi connectivity index (χ3v) is 7.37. The molecule has 4 nitrogen and oxygen atoms in total. The summed E-state index contributed by atoms with van der Waals surface area (Å²) in [4.78, 5) is 12.1. The highest BCUT2D eigenvalue weighted by Crippen LogP contribution is 2.45. The molecule has 0 unspecified atom stereocenters. The van der Waals surface area contributed by atoms with Crippen LogP contribution < -0.4 is 10.1 Å². The van der Waals surface area contributed by atoms with E-state index < -0.39 is 0 Å². The van der Waals surface area contributed by atoms with Crippen molar-refractivity contribution in [3.05, 3.63) is 41.5 Å². The average Bonchev–Trinajstić information content (AvgIpc) is 2.69. The molecule has 1 saturated carbocycles. The van der Waals surface area contributed by atoms with Gasteiger partial charge in [-0.25, -0.2) is 4.79 Å². The first-order valence-corrected chi connectivity index (χ1v) is 11.4. The van der Waals surface area contributed by atoms with Crippen molar-refractivity contribution in [1.82, 2.24) is 5.32 Å². The maximum absolute atomic E-state index is 12.1. The Labute approximate surface area is 175 Å². The van der Waals surface area contributed by atoms with Crippen molar-refractivity contribution >= 4 is 6.09 Å². The van der Waals surface area contributed by atoms with E-state index in [2.05, 4.69) is 44.3 Å². The van der Waals surface area contributed by atoms with Crippen LogP contribution in [0.4, 0.5) is 4.79 Å². The van der Waals surface area contributed by atoms with Crippen LogP contribution in [0, 0.1) is 23.7 Å². The average molecular weight is 398 g/mol. The fourth-order valence-corrected chi connectivity index (χ4v) is 5.74. The number of carbonyl (C=O) groups excluding carboxylic acids is 1. The largest absolute Gasteiger partial charge is 0.412 e. The van der Waals surface area contributed by atoms with Gasteiger partial charge in [0.1, 0.15) is 5.75 Å².